The monoisotopic (exact) mass is 295 g/mol. The second-order valence-electron chi connectivity index (χ2n) is 5.09. The van der Waals surface area contributed by atoms with Gasteiger partial charge in [-0.25, -0.2) is 4.79 Å². The lowest BCUT2D eigenvalue weighted by Crippen LogP contribution is -2.32. The van der Waals surface area contributed by atoms with E-state index in [2.05, 4.69) is 15.5 Å². The molecule has 4 nitrogen and oxygen atoms in total. The highest BCUT2D eigenvalue weighted by Crippen LogP contribution is 2.31. The van der Waals surface area contributed by atoms with Crippen molar-refractivity contribution in [1.29, 1.82) is 0 Å². The van der Waals surface area contributed by atoms with Gasteiger partial charge in [0, 0.05) is 24.7 Å². The summed E-state index contributed by atoms with van der Waals surface area (Å²) in [6, 6.07) is 5.51. The second kappa shape index (κ2) is 7.39. The van der Waals surface area contributed by atoms with Crippen LogP contribution in [0, 0.1) is 0 Å². The zero-order valence-electron chi connectivity index (χ0n) is 11.9. The van der Waals surface area contributed by atoms with E-state index in [4.69, 9.17) is 11.6 Å². The molecule has 1 aromatic rings. The van der Waals surface area contributed by atoms with Crippen LogP contribution in [0.25, 0.3) is 0 Å². The van der Waals surface area contributed by atoms with E-state index in [0.717, 1.165) is 30.9 Å². The largest absolute Gasteiger partial charge is 0.370 e. The second-order valence-corrected chi connectivity index (χ2v) is 5.53. The van der Waals surface area contributed by atoms with Gasteiger partial charge in [0.25, 0.3) is 0 Å². The van der Waals surface area contributed by atoms with E-state index in [9.17, 15) is 4.79 Å². The number of rotatable bonds is 4. The number of carbonyl (C=O) groups excluding carboxylic acids is 1. The van der Waals surface area contributed by atoms with Crippen molar-refractivity contribution >= 4 is 29.0 Å². The maximum atomic E-state index is 11.8. The number of benzene rings is 1. The Morgan fingerprint density at radius 2 is 2.05 bits per heavy atom. The molecule has 1 aliphatic rings. The molecule has 0 radical (unpaired) electrons. The number of amides is 2. The molecule has 0 bridgehead atoms. The highest BCUT2D eigenvalue weighted by Gasteiger charge is 2.16. The van der Waals surface area contributed by atoms with Gasteiger partial charge < -0.3 is 15.5 Å². The van der Waals surface area contributed by atoms with Crippen molar-refractivity contribution < 1.29 is 4.79 Å². The van der Waals surface area contributed by atoms with E-state index in [0.29, 0.717) is 11.6 Å². The van der Waals surface area contributed by atoms with E-state index < -0.39 is 0 Å². The van der Waals surface area contributed by atoms with Crippen LogP contribution in [0.5, 0.6) is 0 Å². The summed E-state index contributed by atoms with van der Waals surface area (Å²) in [6.45, 7) is 4.77. The highest BCUT2D eigenvalue weighted by molar-refractivity contribution is 6.31. The Bertz CT molecular complexity index is 458. The molecule has 0 unspecified atom stereocenters. The molecule has 2 N–H and O–H groups in total. The van der Waals surface area contributed by atoms with Crippen LogP contribution in [0.4, 0.5) is 16.2 Å². The molecular weight excluding hydrogens is 274 g/mol. The number of urea groups is 1. The number of piperidine rings is 1. The van der Waals surface area contributed by atoms with Gasteiger partial charge in [0.15, 0.2) is 0 Å². The van der Waals surface area contributed by atoms with Crippen molar-refractivity contribution in [3.63, 3.8) is 0 Å². The van der Waals surface area contributed by atoms with Crippen LogP contribution >= 0.6 is 11.6 Å². The van der Waals surface area contributed by atoms with Crippen molar-refractivity contribution in [3.05, 3.63) is 23.2 Å². The number of nitrogens with zero attached hydrogens (tertiary/aromatic N) is 1. The first kappa shape index (κ1) is 15.0. The Morgan fingerprint density at radius 1 is 1.30 bits per heavy atom. The third-order valence-electron chi connectivity index (χ3n) is 3.44. The van der Waals surface area contributed by atoms with Crippen molar-refractivity contribution in [2.45, 2.75) is 32.6 Å². The minimum atomic E-state index is -0.174. The van der Waals surface area contributed by atoms with Gasteiger partial charge in [-0.2, -0.15) is 0 Å². The normalized spacial score (nSPS) is 15.0. The Balaban J connectivity index is 2.12. The van der Waals surface area contributed by atoms with Crippen LogP contribution in [0.1, 0.15) is 32.6 Å². The van der Waals surface area contributed by atoms with E-state index in [1.807, 2.05) is 25.1 Å². The van der Waals surface area contributed by atoms with Gasteiger partial charge in [0.1, 0.15) is 0 Å². The number of nitrogens with one attached hydrogen (secondary N) is 2. The molecule has 0 atom stereocenters. The SMILES string of the molecule is CCCNC(=O)Nc1cc(Cl)ccc1N1CCCCC1. The number of carbonyl (C=O) groups is 1. The zero-order valence-corrected chi connectivity index (χ0v) is 12.7. The smallest absolute Gasteiger partial charge is 0.319 e. The molecule has 2 rings (SSSR count). The maximum Gasteiger partial charge on any atom is 0.319 e. The molecule has 0 aromatic heterocycles. The summed E-state index contributed by atoms with van der Waals surface area (Å²) < 4.78 is 0. The van der Waals surface area contributed by atoms with Crippen molar-refractivity contribution in [1.82, 2.24) is 5.32 Å². The number of anilines is 2. The van der Waals surface area contributed by atoms with E-state index >= 15 is 0 Å². The third-order valence-corrected chi connectivity index (χ3v) is 3.67. The molecule has 0 spiro atoms. The molecule has 1 fully saturated rings. The molecule has 1 saturated heterocycles. The zero-order chi connectivity index (χ0) is 14.4. The van der Waals surface area contributed by atoms with Gasteiger partial charge in [-0.15, -0.1) is 0 Å². The van der Waals surface area contributed by atoms with Crippen LogP contribution < -0.4 is 15.5 Å². The fraction of sp³-hybridized carbons (Fsp3) is 0.533. The van der Waals surface area contributed by atoms with Crippen LogP contribution in [-0.2, 0) is 0 Å². The number of hydrogen-bond donors (Lipinski definition) is 2. The minimum absolute atomic E-state index is 0.174. The lowest BCUT2D eigenvalue weighted by Gasteiger charge is -2.30. The fourth-order valence-corrected chi connectivity index (χ4v) is 2.60. The number of halogens is 1. The van der Waals surface area contributed by atoms with Gasteiger partial charge >= 0.3 is 6.03 Å². The molecule has 110 valence electrons. The lowest BCUT2D eigenvalue weighted by molar-refractivity contribution is 0.252. The summed E-state index contributed by atoms with van der Waals surface area (Å²) in [6.07, 6.45) is 4.60. The molecule has 0 aliphatic carbocycles. The molecular formula is C15H22ClN3O. The Morgan fingerprint density at radius 3 is 2.75 bits per heavy atom. The van der Waals surface area contributed by atoms with Crippen molar-refractivity contribution in [2.75, 3.05) is 29.9 Å². The molecule has 0 saturated carbocycles. The average molecular weight is 296 g/mol. The first-order chi connectivity index (χ1) is 9.70. The van der Waals surface area contributed by atoms with Crippen molar-refractivity contribution in [2.24, 2.45) is 0 Å². The van der Waals surface area contributed by atoms with E-state index in [-0.39, 0.29) is 6.03 Å². The van der Waals surface area contributed by atoms with Gasteiger partial charge in [0.2, 0.25) is 0 Å². The minimum Gasteiger partial charge on any atom is -0.370 e. The van der Waals surface area contributed by atoms with Gasteiger partial charge in [-0.3, -0.25) is 0 Å². The molecule has 5 heteroatoms. The molecule has 1 aromatic carbocycles. The topological polar surface area (TPSA) is 44.4 Å². The standard InChI is InChI=1S/C15H22ClN3O/c1-2-8-17-15(20)18-13-11-12(16)6-7-14(13)19-9-4-3-5-10-19/h6-7,11H,2-5,8-10H2,1H3,(H2,17,18,20). The lowest BCUT2D eigenvalue weighted by atomic mass is 10.1. The predicted molar refractivity (Wildman–Crippen MR) is 84.8 cm³/mol. The van der Waals surface area contributed by atoms with Crippen LogP contribution in [-0.4, -0.2) is 25.7 Å². The van der Waals surface area contributed by atoms with Gasteiger partial charge in [-0.1, -0.05) is 18.5 Å². The molecule has 1 heterocycles. The Hall–Kier alpha value is -1.42. The van der Waals surface area contributed by atoms with Crippen LogP contribution in [0.15, 0.2) is 18.2 Å². The summed E-state index contributed by atoms with van der Waals surface area (Å²) in [7, 11) is 0. The molecule has 20 heavy (non-hydrogen) atoms. The Kier molecular flexibility index (Phi) is 5.53. The summed E-state index contributed by atoms with van der Waals surface area (Å²) >= 11 is 6.05. The van der Waals surface area contributed by atoms with E-state index in [1.54, 1.807) is 0 Å². The molecule has 1 aliphatic heterocycles. The fourth-order valence-electron chi connectivity index (χ4n) is 2.42. The summed E-state index contributed by atoms with van der Waals surface area (Å²) in [5.74, 6) is 0. The molecule has 2 amide bonds. The highest BCUT2D eigenvalue weighted by atomic mass is 35.5. The van der Waals surface area contributed by atoms with Gasteiger partial charge in [0.05, 0.1) is 11.4 Å². The Labute approximate surface area is 125 Å². The first-order valence-corrected chi connectivity index (χ1v) is 7.68. The predicted octanol–water partition coefficient (Wildman–Crippen LogP) is 3.86. The van der Waals surface area contributed by atoms with Crippen molar-refractivity contribution in [3.8, 4) is 0 Å². The van der Waals surface area contributed by atoms with Gasteiger partial charge in [-0.05, 0) is 43.9 Å². The number of hydrogen-bond acceptors (Lipinski definition) is 2. The summed E-state index contributed by atoms with van der Waals surface area (Å²) in [4.78, 5) is 14.1. The first-order valence-electron chi connectivity index (χ1n) is 7.30. The average Bonchev–Trinajstić information content (AvgIpc) is 2.46. The van der Waals surface area contributed by atoms with E-state index in [1.165, 1.54) is 19.3 Å². The summed E-state index contributed by atoms with van der Waals surface area (Å²) in [5.41, 5.74) is 1.84. The maximum absolute atomic E-state index is 11.8. The summed E-state index contributed by atoms with van der Waals surface area (Å²) in [5, 5.41) is 6.36. The third kappa shape index (κ3) is 4.04. The quantitative estimate of drug-likeness (QED) is 0.886. The van der Waals surface area contributed by atoms with Crippen LogP contribution in [0.3, 0.4) is 0 Å². The van der Waals surface area contributed by atoms with Crippen LogP contribution in [0.2, 0.25) is 5.02 Å².